The summed E-state index contributed by atoms with van der Waals surface area (Å²) in [4.78, 5) is 0. The van der Waals surface area contributed by atoms with Crippen LogP contribution in [0.5, 0.6) is 5.75 Å². The second kappa shape index (κ2) is 5.32. The van der Waals surface area contributed by atoms with Gasteiger partial charge in [0.05, 0.1) is 19.3 Å². The van der Waals surface area contributed by atoms with E-state index in [-0.39, 0.29) is 6.61 Å². The third-order valence-electron chi connectivity index (χ3n) is 2.83. The van der Waals surface area contributed by atoms with Crippen LogP contribution in [-0.2, 0) is 5.54 Å². The molecule has 0 aliphatic carbocycles. The second-order valence-electron chi connectivity index (χ2n) is 4.22. The van der Waals surface area contributed by atoms with Crippen molar-refractivity contribution in [3.63, 3.8) is 0 Å². The molecule has 0 aliphatic heterocycles. The minimum absolute atomic E-state index is 0.0423. The number of hydrogen-bond acceptors (Lipinski definition) is 3. The van der Waals surface area contributed by atoms with Crippen molar-refractivity contribution in [2.75, 3.05) is 20.3 Å². The Morgan fingerprint density at radius 1 is 1.44 bits per heavy atom. The van der Waals surface area contributed by atoms with Crippen LogP contribution in [-0.4, -0.2) is 25.4 Å². The molecule has 1 rings (SSSR count). The molecule has 0 spiro atoms. The highest BCUT2D eigenvalue weighted by atomic mass is 16.5. The van der Waals surface area contributed by atoms with E-state index in [0.717, 1.165) is 23.4 Å². The van der Waals surface area contributed by atoms with Crippen molar-refractivity contribution in [3.05, 3.63) is 29.3 Å². The van der Waals surface area contributed by atoms with Gasteiger partial charge in [-0.25, -0.2) is 0 Å². The summed E-state index contributed by atoms with van der Waals surface area (Å²) in [5.41, 5.74) is 1.71. The number of aliphatic hydroxyl groups excluding tert-OH is 1. The first-order chi connectivity index (χ1) is 7.57. The number of aryl methyl sites for hydroxylation is 1. The normalized spacial score (nSPS) is 14.6. The standard InChI is InChI=1S/C13H21NO2/c1-5-14-13(3,9-15)11-8-10(2)6-7-12(11)16-4/h6-8,14-15H,5,9H2,1-4H3. The van der Waals surface area contributed by atoms with Crippen LogP contribution in [0.3, 0.4) is 0 Å². The molecule has 0 saturated heterocycles. The van der Waals surface area contributed by atoms with E-state index in [1.165, 1.54) is 0 Å². The van der Waals surface area contributed by atoms with E-state index < -0.39 is 5.54 Å². The van der Waals surface area contributed by atoms with Crippen molar-refractivity contribution >= 4 is 0 Å². The highest BCUT2D eigenvalue weighted by Crippen LogP contribution is 2.30. The predicted molar refractivity (Wildman–Crippen MR) is 65.8 cm³/mol. The number of rotatable bonds is 5. The van der Waals surface area contributed by atoms with Gasteiger partial charge in [0.25, 0.3) is 0 Å². The maximum absolute atomic E-state index is 9.56. The maximum Gasteiger partial charge on any atom is 0.124 e. The Morgan fingerprint density at radius 2 is 2.12 bits per heavy atom. The average molecular weight is 223 g/mol. The number of aliphatic hydroxyl groups is 1. The SMILES string of the molecule is CCNC(C)(CO)c1cc(C)ccc1OC. The van der Waals surface area contributed by atoms with Crippen molar-refractivity contribution in [2.24, 2.45) is 0 Å². The van der Waals surface area contributed by atoms with Crippen molar-refractivity contribution < 1.29 is 9.84 Å². The second-order valence-corrected chi connectivity index (χ2v) is 4.22. The van der Waals surface area contributed by atoms with Crippen LogP contribution in [0.1, 0.15) is 25.0 Å². The van der Waals surface area contributed by atoms with Gasteiger partial charge in [0.15, 0.2) is 0 Å². The third-order valence-corrected chi connectivity index (χ3v) is 2.83. The van der Waals surface area contributed by atoms with Crippen molar-refractivity contribution in [3.8, 4) is 5.75 Å². The molecule has 0 fully saturated rings. The molecule has 0 aliphatic rings. The molecule has 0 heterocycles. The van der Waals surface area contributed by atoms with Crippen LogP contribution in [0.4, 0.5) is 0 Å². The van der Waals surface area contributed by atoms with Gasteiger partial charge >= 0.3 is 0 Å². The molecule has 0 bridgehead atoms. The molecule has 0 saturated carbocycles. The van der Waals surface area contributed by atoms with Gasteiger partial charge in [-0.2, -0.15) is 0 Å². The molecule has 1 aromatic carbocycles. The highest BCUT2D eigenvalue weighted by Gasteiger charge is 2.27. The van der Waals surface area contributed by atoms with Gasteiger partial charge in [0.2, 0.25) is 0 Å². The molecule has 0 aromatic heterocycles. The lowest BCUT2D eigenvalue weighted by molar-refractivity contribution is 0.174. The van der Waals surface area contributed by atoms with Crippen LogP contribution in [0, 0.1) is 6.92 Å². The van der Waals surface area contributed by atoms with Crippen molar-refractivity contribution in [1.29, 1.82) is 0 Å². The van der Waals surface area contributed by atoms with E-state index in [4.69, 9.17) is 4.74 Å². The lowest BCUT2D eigenvalue weighted by Gasteiger charge is -2.30. The fourth-order valence-electron chi connectivity index (χ4n) is 1.88. The summed E-state index contributed by atoms with van der Waals surface area (Å²) < 4.78 is 5.34. The Balaban J connectivity index is 3.21. The summed E-state index contributed by atoms with van der Waals surface area (Å²) >= 11 is 0. The van der Waals surface area contributed by atoms with E-state index in [1.54, 1.807) is 7.11 Å². The van der Waals surface area contributed by atoms with Crippen LogP contribution in [0.2, 0.25) is 0 Å². The first-order valence-corrected chi connectivity index (χ1v) is 5.58. The fraction of sp³-hybridized carbons (Fsp3) is 0.538. The van der Waals surface area contributed by atoms with E-state index in [1.807, 2.05) is 32.9 Å². The fourth-order valence-corrected chi connectivity index (χ4v) is 1.88. The van der Waals surface area contributed by atoms with Crippen molar-refractivity contribution in [1.82, 2.24) is 5.32 Å². The van der Waals surface area contributed by atoms with Gasteiger partial charge in [0, 0.05) is 5.56 Å². The minimum Gasteiger partial charge on any atom is -0.496 e. The first kappa shape index (κ1) is 13.0. The molecule has 90 valence electrons. The van der Waals surface area contributed by atoms with Crippen LogP contribution in [0.25, 0.3) is 0 Å². The van der Waals surface area contributed by atoms with Crippen LogP contribution >= 0.6 is 0 Å². The Kier molecular flexibility index (Phi) is 4.33. The van der Waals surface area contributed by atoms with E-state index in [2.05, 4.69) is 11.4 Å². The van der Waals surface area contributed by atoms with E-state index >= 15 is 0 Å². The van der Waals surface area contributed by atoms with Gasteiger partial charge < -0.3 is 15.2 Å². The number of ether oxygens (including phenoxy) is 1. The Morgan fingerprint density at radius 3 is 2.62 bits per heavy atom. The average Bonchev–Trinajstić information content (AvgIpc) is 2.29. The molecule has 3 heteroatoms. The van der Waals surface area contributed by atoms with Crippen LogP contribution < -0.4 is 10.1 Å². The largest absolute Gasteiger partial charge is 0.496 e. The maximum atomic E-state index is 9.56. The number of hydrogen-bond donors (Lipinski definition) is 2. The third kappa shape index (κ3) is 2.54. The zero-order valence-electron chi connectivity index (χ0n) is 10.5. The smallest absolute Gasteiger partial charge is 0.124 e. The van der Waals surface area contributed by atoms with Crippen LogP contribution in [0.15, 0.2) is 18.2 Å². The monoisotopic (exact) mass is 223 g/mol. The van der Waals surface area contributed by atoms with Gasteiger partial charge in [0.1, 0.15) is 5.75 Å². The van der Waals surface area contributed by atoms with Gasteiger partial charge in [-0.1, -0.05) is 24.6 Å². The topological polar surface area (TPSA) is 41.5 Å². The number of benzene rings is 1. The Bertz CT molecular complexity index is 352. The summed E-state index contributed by atoms with van der Waals surface area (Å²) in [6.07, 6.45) is 0. The summed E-state index contributed by atoms with van der Waals surface area (Å²) in [6, 6.07) is 6.00. The molecule has 1 unspecified atom stereocenters. The predicted octanol–water partition coefficient (Wildman–Crippen LogP) is 1.82. The zero-order chi connectivity index (χ0) is 12.2. The molecule has 1 aromatic rings. The lowest BCUT2D eigenvalue weighted by Crippen LogP contribution is -2.43. The molecular weight excluding hydrogens is 202 g/mol. The number of likely N-dealkylation sites (N-methyl/N-ethyl adjacent to an activating group) is 1. The van der Waals surface area contributed by atoms with Crippen molar-refractivity contribution in [2.45, 2.75) is 26.3 Å². The Hall–Kier alpha value is -1.06. The zero-order valence-corrected chi connectivity index (χ0v) is 10.5. The molecule has 0 amide bonds. The van der Waals surface area contributed by atoms with E-state index in [0.29, 0.717) is 0 Å². The first-order valence-electron chi connectivity index (χ1n) is 5.58. The summed E-state index contributed by atoms with van der Waals surface area (Å²) in [7, 11) is 1.65. The van der Waals surface area contributed by atoms with Gasteiger partial charge in [-0.05, 0) is 26.5 Å². The molecule has 3 nitrogen and oxygen atoms in total. The molecule has 2 N–H and O–H groups in total. The summed E-state index contributed by atoms with van der Waals surface area (Å²) in [5, 5.41) is 12.9. The van der Waals surface area contributed by atoms with E-state index in [9.17, 15) is 5.11 Å². The number of nitrogens with one attached hydrogen (secondary N) is 1. The lowest BCUT2D eigenvalue weighted by atomic mass is 9.90. The van der Waals surface area contributed by atoms with Gasteiger partial charge in [-0.15, -0.1) is 0 Å². The molecule has 0 radical (unpaired) electrons. The molecule has 1 atom stereocenters. The molecular formula is C13H21NO2. The summed E-state index contributed by atoms with van der Waals surface area (Å²) in [5.74, 6) is 0.808. The highest BCUT2D eigenvalue weighted by molar-refractivity contribution is 5.41. The molecule has 16 heavy (non-hydrogen) atoms. The minimum atomic E-state index is -0.452. The summed E-state index contributed by atoms with van der Waals surface area (Å²) in [6.45, 7) is 6.88. The Labute approximate surface area is 97.4 Å². The quantitative estimate of drug-likeness (QED) is 0.800. The van der Waals surface area contributed by atoms with Gasteiger partial charge in [-0.3, -0.25) is 0 Å². The number of methoxy groups -OCH3 is 1.